The topological polar surface area (TPSA) is 87.8 Å². The van der Waals surface area contributed by atoms with E-state index in [-0.39, 0.29) is 0 Å². The molecule has 0 aromatic rings. The molecule has 104 valence electrons. The summed E-state index contributed by atoms with van der Waals surface area (Å²) in [6.07, 6.45) is 2.10. The first-order chi connectivity index (χ1) is 8.29. The Balaban J connectivity index is 2.34. The summed E-state index contributed by atoms with van der Waals surface area (Å²) >= 11 is 0. The second-order valence-corrected chi connectivity index (χ2v) is 6.80. The van der Waals surface area contributed by atoms with Crippen molar-refractivity contribution in [3.8, 4) is 0 Å². The van der Waals surface area contributed by atoms with E-state index in [1.54, 1.807) is 0 Å². The van der Waals surface area contributed by atoms with E-state index in [9.17, 15) is 8.42 Å². The molecule has 0 bridgehead atoms. The van der Waals surface area contributed by atoms with Gasteiger partial charge in [-0.3, -0.25) is 0 Å². The molecule has 1 rings (SSSR count). The van der Waals surface area contributed by atoms with Crippen molar-refractivity contribution in [3.05, 3.63) is 12.2 Å². The fraction of sp³-hybridized carbons (Fsp3) is 0.727. The van der Waals surface area contributed by atoms with Crippen LogP contribution in [0.5, 0.6) is 0 Å². The number of nitrogens with two attached hydrogens (primary N) is 1. The van der Waals surface area contributed by atoms with Gasteiger partial charge in [0, 0.05) is 19.6 Å². The normalized spacial score (nSPS) is 22.1. The van der Waals surface area contributed by atoms with Gasteiger partial charge in [0.15, 0.2) is 5.96 Å². The molecule has 0 amide bonds. The highest BCUT2D eigenvalue weighted by molar-refractivity contribution is 7.88. The molecule has 1 atom stereocenters. The zero-order chi connectivity index (χ0) is 13.8. The Bertz CT molecular complexity index is 430. The van der Waals surface area contributed by atoms with E-state index in [0.29, 0.717) is 38.1 Å². The predicted molar refractivity (Wildman–Crippen MR) is 73.8 cm³/mol. The van der Waals surface area contributed by atoms with Gasteiger partial charge in [-0.1, -0.05) is 12.2 Å². The second-order valence-electron chi connectivity index (χ2n) is 4.82. The van der Waals surface area contributed by atoms with E-state index in [2.05, 4.69) is 16.9 Å². The number of sulfonamides is 1. The van der Waals surface area contributed by atoms with Gasteiger partial charge < -0.3 is 11.1 Å². The van der Waals surface area contributed by atoms with Gasteiger partial charge in [-0.15, -0.1) is 0 Å². The summed E-state index contributed by atoms with van der Waals surface area (Å²) in [6, 6.07) is 0. The SMILES string of the molecule is C=C(C)CN=C(N)NCC1CCN(S(C)(=O)=O)C1. The van der Waals surface area contributed by atoms with Crippen molar-refractivity contribution < 1.29 is 8.42 Å². The largest absolute Gasteiger partial charge is 0.370 e. The minimum absolute atomic E-state index is 0.290. The maximum absolute atomic E-state index is 11.3. The highest BCUT2D eigenvalue weighted by atomic mass is 32.2. The Kier molecular flexibility index (Phi) is 5.15. The average Bonchev–Trinajstić information content (AvgIpc) is 2.71. The van der Waals surface area contributed by atoms with Gasteiger partial charge in [-0.2, -0.15) is 0 Å². The zero-order valence-electron chi connectivity index (χ0n) is 11.0. The third kappa shape index (κ3) is 5.05. The summed E-state index contributed by atoms with van der Waals surface area (Å²) < 4.78 is 24.2. The van der Waals surface area contributed by atoms with Crippen molar-refractivity contribution in [1.82, 2.24) is 9.62 Å². The lowest BCUT2D eigenvalue weighted by Gasteiger charge is -2.14. The Hall–Kier alpha value is -1.08. The molecule has 6 nitrogen and oxygen atoms in total. The summed E-state index contributed by atoms with van der Waals surface area (Å²) in [6.45, 7) is 7.93. The molecule has 0 radical (unpaired) electrons. The summed E-state index contributed by atoms with van der Waals surface area (Å²) in [7, 11) is -3.06. The Morgan fingerprint density at radius 1 is 1.61 bits per heavy atom. The van der Waals surface area contributed by atoms with Crippen LogP contribution in [0.1, 0.15) is 13.3 Å². The fourth-order valence-electron chi connectivity index (χ4n) is 1.79. The number of aliphatic imine (C=N–C) groups is 1. The van der Waals surface area contributed by atoms with Gasteiger partial charge in [0.1, 0.15) is 0 Å². The monoisotopic (exact) mass is 274 g/mol. The van der Waals surface area contributed by atoms with E-state index in [4.69, 9.17) is 5.73 Å². The van der Waals surface area contributed by atoms with Crippen LogP contribution >= 0.6 is 0 Å². The molecule has 0 aromatic heterocycles. The van der Waals surface area contributed by atoms with Gasteiger partial charge in [0.2, 0.25) is 10.0 Å². The van der Waals surface area contributed by atoms with Crippen LogP contribution in [0.15, 0.2) is 17.1 Å². The van der Waals surface area contributed by atoms with E-state index >= 15 is 0 Å². The highest BCUT2D eigenvalue weighted by Gasteiger charge is 2.28. The van der Waals surface area contributed by atoms with Crippen LogP contribution in [0, 0.1) is 5.92 Å². The molecule has 0 saturated carbocycles. The fourth-order valence-corrected chi connectivity index (χ4v) is 2.71. The molecule has 1 fully saturated rings. The van der Waals surface area contributed by atoms with E-state index < -0.39 is 10.0 Å². The first kappa shape index (κ1) is 15.0. The molecule has 3 N–H and O–H groups in total. The zero-order valence-corrected chi connectivity index (χ0v) is 11.8. The number of nitrogens with one attached hydrogen (secondary N) is 1. The van der Waals surface area contributed by atoms with Crippen LogP contribution in [0.3, 0.4) is 0 Å². The summed E-state index contributed by atoms with van der Waals surface area (Å²) in [5.41, 5.74) is 6.63. The number of hydrogen-bond acceptors (Lipinski definition) is 3. The van der Waals surface area contributed by atoms with Crippen molar-refractivity contribution in [2.24, 2.45) is 16.6 Å². The summed E-state index contributed by atoms with van der Waals surface area (Å²) in [5, 5.41) is 3.02. The molecule has 0 spiro atoms. The first-order valence-electron chi connectivity index (χ1n) is 5.92. The quantitative estimate of drug-likeness (QED) is 0.411. The predicted octanol–water partition coefficient (Wildman–Crippen LogP) is -0.252. The number of guanidine groups is 1. The maximum atomic E-state index is 11.3. The Morgan fingerprint density at radius 3 is 2.78 bits per heavy atom. The van der Waals surface area contributed by atoms with Crippen molar-refractivity contribution >= 4 is 16.0 Å². The van der Waals surface area contributed by atoms with Gasteiger partial charge in [-0.05, 0) is 19.3 Å². The Morgan fingerprint density at radius 2 is 2.28 bits per heavy atom. The Labute approximate surface area is 109 Å². The van der Waals surface area contributed by atoms with Crippen LogP contribution in [-0.4, -0.2) is 51.1 Å². The van der Waals surface area contributed by atoms with Crippen LogP contribution < -0.4 is 11.1 Å². The first-order valence-corrected chi connectivity index (χ1v) is 7.77. The third-order valence-electron chi connectivity index (χ3n) is 2.81. The molecule has 0 aromatic carbocycles. The van der Waals surface area contributed by atoms with E-state index in [1.165, 1.54) is 10.6 Å². The molecule has 1 aliphatic rings. The van der Waals surface area contributed by atoms with Crippen LogP contribution in [0.2, 0.25) is 0 Å². The molecular weight excluding hydrogens is 252 g/mol. The van der Waals surface area contributed by atoms with Crippen LogP contribution in [-0.2, 0) is 10.0 Å². The van der Waals surface area contributed by atoms with E-state index in [1.807, 2.05) is 6.92 Å². The van der Waals surface area contributed by atoms with Crippen molar-refractivity contribution in [2.45, 2.75) is 13.3 Å². The standard InChI is InChI=1S/C11H22N4O2S/c1-9(2)6-13-11(12)14-7-10-4-5-15(8-10)18(3,16)17/h10H,1,4-8H2,2-3H3,(H3,12,13,14). The second kappa shape index (κ2) is 6.19. The lowest BCUT2D eigenvalue weighted by molar-refractivity contribution is 0.459. The maximum Gasteiger partial charge on any atom is 0.211 e. The molecule has 1 unspecified atom stereocenters. The molecule has 1 heterocycles. The van der Waals surface area contributed by atoms with Gasteiger partial charge in [-0.25, -0.2) is 17.7 Å². The van der Waals surface area contributed by atoms with Crippen molar-refractivity contribution in [2.75, 3.05) is 32.4 Å². The van der Waals surface area contributed by atoms with Crippen molar-refractivity contribution in [1.29, 1.82) is 0 Å². The molecular formula is C11H22N4O2S. The van der Waals surface area contributed by atoms with Gasteiger partial charge in [0.05, 0.1) is 12.8 Å². The molecule has 7 heteroatoms. The molecule has 0 aliphatic carbocycles. The van der Waals surface area contributed by atoms with Crippen LogP contribution in [0.25, 0.3) is 0 Å². The lowest BCUT2D eigenvalue weighted by Crippen LogP contribution is -2.37. The number of rotatable bonds is 5. The number of hydrogen-bond donors (Lipinski definition) is 2. The number of nitrogens with zero attached hydrogens (tertiary/aromatic N) is 2. The molecule has 18 heavy (non-hydrogen) atoms. The van der Waals surface area contributed by atoms with Gasteiger partial charge in [0.25, 0.3) is 0 Å². The summed E-state index contributed by atoms with van der Waals surface area (Å²) in [4.78, 5) is 4.10. The summed E-state index contributed by atoms with van der Waals surface area (Å²) in [5.74, 6) is 0.675. The lowest BCUT2D eigenvalue weighted by atomic mass is 10.1. The van der Waals surface area contributed by atoms with E-state index in [0.717, 1.165) is 12.0 Å². The highest BCUT2D eigenvalue weighted by Crippen LogP contribution is 2.17. The van der Waals surface area contributed by atoms with Crippen LogP contribution in [0.4, 0.5) is 0 Å². The van der Waals surface area contributed by atoms with Crippen molar-refractivity contribution in [3.63, 3.8) is 0 Å². The third-order valence-corrected chi connectivity index (χ3v) is 4.08. The minimum atomic E-state index is -3.06. The molecule has 1 saturated heterocycles. The smallest absolute Gasteiger partial charge is 0.211 e. The molecule has 1 aliphatic heterocycles. The minimum Gasteiger partial charge on any atom is -0.370 e. The van der Waals surface area contributed by atoms with Gasteiger partial charge >= 0.3 is 0 Å². The average molecular weight is 274 g/mol.